The molecule has 0 spiro atoms. The molecule has 1 aliphatic heterocycles. The highest BCUT2D eigenvalue weighted by Gasteiger charge is 2.43. The molecule has 5 atom stereocenters. The Morgan fingerprint density at radius 1 is 1.17 bits per heavy atom. The first kappa shape index (κ1) is 20.8. The van der Waals surface area contributed by atoms with Gasteiger partial charge in [-0.25, -0.2) is 13.8 Å². The second-order valence-electron chi connectivity index (χ2n) is 6.31. The lowest BCUT2D eigenvalue weighted by atomic mass is 9.97. The Labute approximate surface area is 161 Å². The van der Waals surface area contributed by atoms with Crippen molar-refractivity contribution in [2.75, 3.05) is 6.61 Å². The lowest BCUT2D eigenvalue weighted by Gasteiger charge is -2.38. The number of nitrogens with one attached hydrogen (secondary N) is 1. The fraction of sp³-hybridized carbons (Fsp3) is 0.353. The maximum Gasteiger partial charge on any atom is 0.335 e. The number of aromatic nitrogens is 2. The number of hydrogen-bond donors (Lipinski definition) is 6. The Morgan fingerprint density at radius 3 is 2.45 bits per heavy atom. The highest BCUT2D eigenvalue weighted by atomic mass is 19.1. The number of aromatic amines is 1. The summed E-state index contributed by atoms with van der Waals surface area (Å²) in [5, 5.41) is 49.3. The molecule has 0 saturated carbocycles. The van der Waals surface area contributed by atoms with Crippen LogP contribution in [0.15, 0.2) is 38.8 Å². The number of rotatable bonds is 4. The fourth-order valence-corrected chi connectivity index (χ4v) is 2.89. The van der Waals surface area contributed by atoms with E-state index in [1.807, 2.05) is 4.98 Å². The van der Waals surface area contributed by atoms with Crippen molar-refractivity contribution in [1.82, 2.24) is 9.55 Å². The van der Waals surface area contributed by atoms with Crippen LogP contribution in [-0.4, -0.2) is 78.5 Å². The molecule has 1 fully saturated rings. The van der Waals surface area contributed by atoms with E-state index >= 15 is 0 Å². The molecule has 0 unspecified atom stereocenters. The molecule has 11 nitrogen and oxygen atoms in total. The van der Waals surface area contributed by atoms with Crippen molar-refractivity contribution >= 4 is 6.21 Å². The highest BCUT2D eigenvalue weighted by molar-refractivity contribution is 5.82. The minimum Gasteiger partial charge on any atom is -0.493 e. The minimum atomic E-state index is -1.72. The zero-order valence-electron chi connectivity index (χ0n) is 14.7. The molecular formula is C17H18FN3O8. The summed E-state index contributed by atoms with van der Waals surface area (Å²) in [7, 11) is 0. The maximum atomic E-state index is 13.1. The van der Waals surface area contributed by atoms with Gasteiger partial charge in [-0.15, -0.1) is 0 Å². The number of hydrogen-bond acceptors (Lipinski definition) is 9. The number of aliphatic imine (C=N–C) groups is 1. The van der Waals surface area contributed by atoms with Gasteiger partial charge in [-0.2, -0.15) is 0 Å². The summed E-state index contributed by atoms with van der Waals surface area (Å²) < 4.78 is 18.8. The molecule has 3 rings (SSSR count). The molecule has 0 aliphatic carbocycles. The van der Waals surface area contributed by atoms with Gasteiger partial charge in [-0.1, -0.05) is 0 Å². The molecule has 12 heteroatoms. The Bertz CT molecular complexity index is 1020. The number of benzene rings is 1. The van der Waals surface area contributed by atoms with Crippen LogP contribution in [0.4, 0.5) is 4.39 Å². The monoisotopic (exact) mass is 411 g/mol. The largest absolute Gasteiger partial charge is 0.493 e. The van der Waals surface area contributed by atoms with Crippen LogP contribution in [0.3, 0.4) is 0 Å². The third kappa shape index (κ3) is 3.97. The number of H-pyrrole nitrogens is 1. The molecule has 1 aromatic carbocycles. The Hall–Kier alpha value is -2.90. The number of halogens is 1. The van der Waals surface area contributed by atoms with E-state index in [4.69, 9.17) is 9.84 Å². The van der Waals surface area contributed by atoms with Gasteiger partial charge in [0.1, 0.15) is 35.7 Å². The van der Waals surface area contributed by atoms with Gasteiger partial charge in [0.05, 0.1) is 12.3 Å². The average Bonchev–Trinajstić information content (AvgIpc) is 2.68. The summed E-state index contributed by atoms with van der Waals surface area (Å²) in [6.45, 7) is -0.658. The molecule has 2 heterocycles. The van der Waals surface area contributed by atoms with Crippen LogP contribution >= 0.6 is 0 Å². The van der Waals surface area contributed by atoms with Gasteiger partial charge in [0.2, 0.25) is 5.88 Å². The van der Waals surface area contributed by atoms with Crippen LogP contribution in [0, 0.1) is 5.82 Å². The van der Waals surface area contributed by atoms with Crippen LogP contribution in [0.5, 0.6) is 5.88 Å². The molecule has 6 N–H and O–H groups in total. The van der Waals surface area contributed by atoms with Crippen LogP contribution in [-0.2, 0) is 4.74 Å². The van der Waals surface area contributed by atoms with Crippen molar-refractivity contribution in [3.8, 4) is 11.6 Å². The Kier molecular flexibility index (Phi) is 5.91. The minimum absolute atomic E-state index is 0.0575. The summed E-state index contributed by atoms with van der Waals surface area (Å²) in [6.07, 6.45) is -5.36. The second kappa shape index (κ2) is 8.23. The summed E-state index contributed by atoms with van der Waals surface area (Å²) in [5.74, 6) is -1.39. The van der Waals surface area contributed by atoms with Gasteiger partial charge in [0, 0.05) is 6.21 Å². The number of ether oxygens (including phenoxy) is 1. The first-order valence-electron chi connectivity index (χ1n) is 8.42. The van der Waals surface area contributed by atoms with E-state index in [1.54, 1.807) is 0 Å². The van der Waals surface area contributed by atoms with E-state index in [-0.39, 0.29) is 5.69 Å². The van der Waals surface area contributed by atoms with Crippen LogP contribution in [0.2, 0.25) is 0 Å². The third-order valence-corrected chi connectivity index (χ3v) is 4.45. The van der Waals surface area contributed by atoms with Gasteiger partial charge >= 0.3 is 5.69 Å². The molecule has 1 aromatic heterocycles. The molecule has 0 bridgehead atoms. The number of nitrogens with zero attached hydrogens (tertiary/aromatic N) is 2. The van der Waals surface area contributed by atoms with Crippen LogP contribution < -0.4 is 11.2 Å². The summed E-state index contributed by atoms with van der Waals surface area (Å²) in [4.78, 5) is 29.9. The van der Waals surface area contributed by atoms with Crippen LogP contribution in [0.1, 0.15) is 5.56 Å². The quantitative estimate of drug-likeness (QED) is 0.301. The zero-order chi connectivity index (χ0) is 21.3. The van der Waals surface area contributed by atoms with E-state index in [2.05, 4.69) is 4.99 Å². The van der Waals surface area contributed by atoms with E-state index < -0.39 is 65.8 Å². The fourth-order valence-electron chi connectivity index (χ4n) is 2.89. The standard InChI is InChI=1S/C17H18FN3O8/c18-7-1-3-8(4-2-7)21-15(26)9(14(25)20-17(21)28)5-19-11-13(24)12(23)10(6-22)29-16(11)27/h1-5,10-13,16,22-24,26-27H,6H2,(H,20,25,28)/t10-,11-,12+,13-,16-/m0/s1. The van der Waals surface area contributed by atoms with Gasteiger partial charge in [0.25, 0.3) is 5.56 Å². The molecule has 1 aliphatic rings. The van der Waals surface area contributed by atoms with Gasteiger partial charge < -0.3 is 30.3 Å². The van der Waals surface area contributed by atoms with Gasteiger partial charge in [-0.05, 0) is 24.3 Å². The molecule has 0 radical (unpaired) electrons. The molecule has 2 aromatic rings. The molecule has 156 valence electrons. The van der Waals surface area contributed by atoms with E-state index in [0.29, 0.717) is 4.57 Å². The summed E-state index contributed by atoms with van der Waals surface area (Å²) in [6, 6.07) is 3.04. The summed E-state index contributed by atoms with van der Waals surface area (Å²) >= 11 is 0. The lowest BCUT2D eigenvalue weighted by Crippen LogP contribution is -2.57. The second-order valence-corrected chi connectivity index (χ2v) is 6.31. The van der Waals surface area contributed by atoms with Crippen molar-refractivity contribution in [3.05, 3.63) is 56.5 Å². The smallest absolute Gasteiger partial charge is 0.335 e. The summed E-state index contributed by atoms with van der Waals surface area (Å²) in [5.41, 5.74) is -2.43. The van der Waals surface area contributed by atoms with E-state index in [1.165, 1.54) is 12.1 Å². The van der Waals surface area contributed by atoms with Crippen molar-refractivity contribution in [2.45, 2.75) is 30.6 Å². The first-order valence-corrected chi connectivity index (χ1v) is 8.42. The zero-order valence-corrected chi connectivity index (χ0v) is 14.7. The molecule has 29 heavy (non-hydrogen) atoms. The average molecular weight is 411 g/mol. The van der Waals surface area contributed by atoms with Crippen molar-refractivity contribution in [2.24, 2.45) is 4.99 Å². The molecule has 0 amide bonds. The predicted octanol–water partition coefficient (Wildman–Crippen LogP) is -2.41. The SMILES string of the molecule is O=c1[nH]c(=O)n(-c2ccc(F)cc2)c(O)c1C=N[C@H]1[C@H](O)[C@H](O)[C@H](CO)O[C@@H]1O. The molecule has 1 saturated heterocycles. The van der Waals surface area contributed by atoms with Crippen LogP contribution in [0.25, 0.3) is 5.69 Å². The number of aliphatic hydroxyl groups excluding tert-OH is 4. The van der Waals surface area contributed by atoms with E-state index in [0.717, 1.165) is 18.3 Å². The van der Waals surface area contributed by atoms with Crippen molar-refractivity contribution in [1.29, 1.82) is 0 Å². The van der Waals surface area contributed by atoms with E-state index in [9.17, 15) is 34.4 Å². The Morgan fingerprint density at radius 2 is 1.83 bits per heavy atom. The third-order valence-electron chi connectivity index (χ3n) is 4.45. The highest BCUT2D eigenvalue weighted by Crippen LogP contribution is 2.22. The maximum absolute atomic E-state index is 13.1. The van der Waals surface area contributed by atoms with Crippen molar-refractivity contribution < 1.29 is 34.7 Å². The number of aromatic hydroxyl groups is 1. The molecular weight excluding hydrogens is 393 g/mol. The lowest BCUT2D eigenvalue weighted by molar-refractivity contribution is -0.248. The normalized spacial score (nSPS) is 27.4. The Balaban J connectivity index is 1.99. The van der Waals surface area contributed by atoms with Crippen molar-refractivity contribution in [3.63, 3.8) is 0 Å². The predicted molar refractivity (Wildman–Crippen MR) is 95.6 cm³/mol. The van der Waals surface area contributed by atoms with Gasteiger partial charge in [-0.3, -0.25) is 14.8 Å². The van der Waals surface area contributed by atoms with Gasteiger partial charge in [0.15, 0.2) is 6.29 Å². The topological polar surface area (TPSA) is 178 Å². The first-order chi connectivity index (χ1) is 13.7. The number of aliphatic hydroxyl groups is 4.